The van der Waals surface area contributed by atoms with E-state index in [1.807, 2.05) is 25.7 Å². The Hall–Kier alpha value is -4.75. The van der Waals surface area contributed by atoms with Gasteiger partial charge >= 0.3 is 5.69 Å². The van der Waals surface area contributed by atoms with Gasteiger partial charge < -0.3 is 24.0 Å². The van der Waals surface area contributed by atoms with Crippen LogP contribution in [0.25, 0.3) is 28.0 Å². The molecule has 3 aliphatic heterocycles. The summed E-state index contributed by atoms with van der Waals surface area (Å²) < 4.78 is 52.3. The van der Waals surface area contributed by atoms with Crippen molar-refractivity contribution in [2.45, 2.75) is 64.6 Å². The summed E-state index contributed by atoms with van der Waals surface area (Å²) in [4.78, 5) is 44.3. The van der Waals surface area contributed by atoms with E-state index in [0.717, 1.165) is 0 Å². The number of hydrogen-bond donors (Lipinski definition) is 0. The van der Waals surface area contributed by atoms with Gasteiger partial charge in [0.05, 0.1) is 22.3 Å². The molecule has 4 aromatic rings. The van der Waals surface area contributed by atoms with Crippen LogP contribution in [0.1, 0.15) is 57.9 Å². The molecule has 0 N–H and O–H groups in total. The molecule has 1 amide bonds. The Morgan fingerprint density at radius 3 is 2.65 bits per heavy atom. The molecule has 0 spiro atoms. The first-order valence-electron chi connectivity index (χ1n) is 16.0. The molecule has 2 saturated heterocycles. The highest BCUT2D eigenvalue weighted by atomic mass is 19.1. The minimum atomic E-state index is -1.03. The van der Waals surface area contributed by atoms with Crippen LogP contribution in [0.4, 0.5) is 14.6 Å². The van der Waals surface area contributed by atoms with Gasteiger partial charge in [-0.3, -0.25) is 9.78 Å². The van der Waals surface area contributed by atoms with E-state index in [1.54, 1.807) is 31.0 Å². The molecule has 0 radical (unpaired) electrons. The summed E-state index contributed by atoms with van der Waals surface area (Å²) in [5.74, 6) is -2.72. The Balaban J connectivity index is 1.57. The Morgan fingerprint density at radius 2 is 1.92 bits per heavy atom. The Kier molecular flexibility index (Phi) is 7.79. The molecule has 0 aliphatic carbocycles. The van der Waals surface area contributed by atoms with Gasteiger partial charge in [-0.2, -0.15) is 4.98 Å². The summed E-state index contributed by atoms with van der Waals surface area (Å²) in [5.41, 5.74) is 0.374. The van der Waals surface area contributed by atoms with E-state index in [2.05, 4.69) is 16.5 Å². The number of halogens is 2. The van der Waals surface area contributed by atoms with Gasteiger partial charge in [0.2, 0.25) is 5.91 Å². The molecule has 0 saturated carbocycles. The highest BCUT2D eigenvalue weighted by molar-refractivity contribution is 5.91. The highest BCUT2D eigenvalue weighted by Gasteiger charge is 2.45. The molecule has 3 aliphatic rings. The van der Waals surface area contributed by atoms with Gasteiger partial charge in [-0.15, -0.1) is 0 Å². The second-order valence-corrected chi connectivity index (χ2v) is 13.1. The predicted octanol–water partition coefficient (Wildman–Crippen LogP) is 5.05. The van der Waals surface area contributed by atoms with Crippen LogP contribution in [0.5, 0.6) is 5.75 Å². The van der Waals surface area contributed by atoms with Gasteiger partial charge in [0.15, 0.2) is 17.3 Å². The molecule has 2 bridgehead atoms. The van der Waals surface area contributed by atoms with Crippen molar-refractivity contribution in [3.63, 3.8) is 0 Å². The summed E-state index contributed by atoms with van der Waals surface area (Å²) in [6.07, 6.45) is 1.48. The highest BCUT2D eigenvalue weighted by Crippen LogP contribution is 2.44. The molecule has 1 aromatic carbocycles. The molecular formula is C35H36F2N6O5. The van der Waals surface area contributed by atoms with E-state index in [0.29, 0.717) is 36.6 Å². The lowest BCUT2D eigenvalue weighted by atomic mass is 9.97. The zero-order chi connectivity index (χ0) is 34.1. The number of ether oxygens (including phenoxy) is 3. The van der Waals surface area contributed by atoms with E-state index in [4.69, 9.17) is 19.2 Å². The molecule has 48 heavy (non-hydrogen) atoms. The predicted molar refractivity (Wildman–Crippen MR) is 174 cm³/mol. The van der Waals surface area contributed by atoms with Crippen LogP contribution in [-0.2, 0) is 14.3 Å². The molecule has 250 valence electrons. The minimum absolute atomic E-state index is 0.0545. The molecule has 6 heterocycles. The smallest absolute Gasteiger partial charge is 0.355 e. The lowest BCUT2D eigenvalue weighted by Gasteiger charge is -2.40. The molecule has 2 fully saturated rings. The normalized spacial score (nSPS) is 21.6. The topological polar surface area (TPSA) is 112 Å². The van der Waals surface area contributed by atoms with Crippen molar-refractivity contribution in [2.24, 2.45) is 0 Å². The van der Waals surface area contributed by atoms with Gasteiger partial charge in [0.1, 0.15) is 41.9 Å². The van der Waals surface area contributed by atoms with E-state index in [-0.39, 0.29) is 58.3 Å². The standard InChI is InChI=1S/C35H36F2N6O5/c1-7-26(44)41-13-14-42(19(4)16-41)32-21-15-23(37)29-27-22(36)9-8-10-24(27)46-17-25-31(48-35(5,6)47-25)20-11-12-38-28(18(2)3)30(20)43(33(21)39-29)34(45)40-32/h7-12,15,18-19,25,31H,1,13-14,16-17H2,2-6H3/t19-,25?,31?/m0/s1. The van der Waals surface area contributed by atoms with Crippen LogP contribution in [0, 0.1) is 11.6 Å². The number of carbonyl (C=O) groups is 1. The number of nitrogens with zero attached hydrogens (tertiary/aromatic N) is 6. The van der Waals surface area contributed by atoms with E-state index >= 15 is 8.78 Å². The number of hydrogen-bond acceptors (Lipinski definition) is 9. The summed E-state index contributed by atoms with van der Waals surface area (Å²) in [5, 5.41) is 0.229. The lowest BCUT2D eigenvalue weighted by Crippen LogP contribution is -2.54. The fourth-order valence-electron chi connectivity index (χ4n) is 6.93. The van der Waals surface area contributed by atoms with Gasteiger partial charge in [-0.1, -0.05) is 26.5 Å². The quantitative estimate of drug-likeness (QED) is 0.279. The largest absolute Gasteiger partial charge is 0.490 e. The fraction of sp³-hybridized carbons (Fsp3) is 0.400. The fourth-order valence-corrected chi connectivity index (χ4v) is 6.93. The van der Waals surface area contributed by atoms with Crippen molar-refractivity contribution in [3.05, 3.63) is 82.6 Å². The summed E-state index contributed by atoms with van der Waals surface area (Å²) in [7, 11) is 0. The van der Waals surface area contributed by atoms with Gasteiger partial charge in [0, 0.05) is 37.4 Å². The SMILES string of the molecule is C=CC(=O)N1CCN(c2nc(=O)n3c4nc(c(F)cc24)-c2c(F)cccc2OCC2OC(C)(C)OC2c2ccnc(C(C)C)c2-3)[C@@H](C)C1. The number of benzene rings is 1. The molecule has 7 rings (SSSR count). The number of piperazine rings is 1. The van der Waals surface area contributed by atoms with Crippen molar-refractivity contribution >= 4 is 22.8 Å². The van der Waals surface area contributed by atoms with Gasteiger partial charge in [-0.05, 0) is 57.0 Å². The number of aromatic nitrogens is 4. The first-order chi connectivity index (χ1) is 22.9. The Bertz CT molecular complexity index is 2030. The van der Waals surface area contributed by atoms with Crippen LogP contribution in [0.15, 0.2) is 54.0 Å². The number of anilines is 1. The first kappa shape index (κ1) is 31.8. The van der Waals surface area contributed by atoms with Crippen molar-refractivity contribution in [2.75, 3.05) is 31.1 Å². The maximum absolute atomic E-state index is 16.4. The number of pyridine rings is 2. The van der Waals surface area contributed by atoms with Crippen LogP contribution < -0.4 is 15.3 Å². The van der Waals surface area contributed by atoms with Crippen LogP contribution in [0.3, 0.4) is 0 Å². The maximum atomic E-state index is 16.4. The van der Waals surface area contributed by atoms with Crippen molar-refractivity contribution in [1.29, 1.82) is 0 Å². The first-order valence-corrected chi connectivity index (χ1v) is 16.0. The number of fused-ring (bicyclic) bond motifs is 7. The van der Waals surface area contributed by atoms with Crippen molar-refractivity contribution in [3.8, 4) is 22.7 Å². The second-order valence-electron chi connectivity index (χ2n) is 13.1. The molecule has 3 atom stereocenters. The molecule has 2 unspecified atom stereocenters. The average Bonchev–Trinajstić information content (AvgIpc) is 3.36. The average molecular weight is 659 g/mol. The maximum Gasteiger partial charge on any atom is 0.355 e. The Morgan fingerprint density at radius 1 is 1.12 bits per heavy atom. The third kappa shape index (κ3) is 5.21. The van der Waals surface area contributed by atoms with Gasteiger partial charge in [-0.25, -0.2) is 23.1 Å². The van der Waals surface area contributed by atoms with Crippen molar-refractivity contribution in [1.82, 2.24) is 24.4 Å². The molecule has 13 heteroatoms. The molecule has 11 nitrogen and oxygen atoms in total. The lowest BCUT2D eigenvalue weighted by molar-refractivity contribution is -0.148. The molecular weight excluding hydrogens is 622 g/mol. The van der Waals surface area contributed by atoms with E-state index < -0.39 is 35.3 Å². The molecule has 3 aromatic heterocycles. The van der Waals surface area contributed by atoms with Crippen LogP contribution >= 0.6 is 0 Å². The Labute approximate surface area is 275 Å². The summed E-state index contributed by atoms with van der Waals surface area (Å²) in [6.45, 7) is 13.9. The number of rotatable bonds is 3. The second kappa shape index (κ2) is 11.7. The third-order valence-electron chi connectivity index (χ3n) is 9.05. The van der Waals surface area contributed by atoms with Gasteiger partial charge in [0.25, 0.3) is 0 Å². The van der Waals surface area contributed by atoms with Crippen LogP contribution in [-0.4, -0.2) is 74.5 Å². The van der Waals surface area contributed by atoms with E-state index in [9.17, 15) is 9.59 Å². The monoisotopic (exact) mass is 658 g/mol. The summed E-state index contributed by atoms with van der Waals surface area (Å²) in [6, 6.07) is 6.92. The number of carbonyl (C=O) groups excluding carboxylic acids is 1. The third-order valence-corrected chi connectivity index (χ3v) is 9.05. The van der Waals surface area contributed by atoms with E-state index in [1.165, 1.54) is 34.9 Å². The zero-order valence-electron chi connectivity index (χ0n) is 27.4. The van der Waals surface area contributed by atoms with Crippen molar-refractivity contribution < 1.29 is 27.8 Å². The minimum Gasteiger partial charge on any atom is -0.490 e. The van der Waals surface area contributed by atoms with Crippen LogP contribution in [0.2, 0.25) is 0 Å². The zero-order valence-corrected chi connectivity index (χ0v) is 27.4. The number of amides is 1. The summed E-state index contributed by atoms with van der Waals surface area (Å²) >= 11 is 0.